The summed E-state index contributed by atoms with van der Waals surface area (Å²) in [6, 6.07) is 18.2. The van der Waals surface area contributed by atoms with Crippen molar-refractivity contribution in [3.8, 4) is 10.4 Å². The van der Waals surface area contributed by atoms with Gasteiger partial charge in [-0.1, -0.05) is 47.0 Å². The van der Waals surface area contributed by atoms with Crippen molar-refractivity contribution < 1.29 is 0 Å². The van der Waals surface area contributed by atoms with E-state index in [2.05, 4.69) is 32.4 Å². The summed E-state index contributed by atoms with van der Waals surface area (Å²) < 4.78 is 3.87. The van der Waals surface area contributed by atoms with Gasteiger partial charge in [-0.2, -0.15) is 0 Å². The molecular formula is C16H14N4S2. The first kappa shape index (κ1) is 14.6. The minimum atomic E-state index is 0.607. The van der Waals surface area contributed by atoms with E-state index in [0.717, 1.165) is 16.1 Å². The number of benzene rings is 2. The SMILES string of the molecule is S=C(NCc1ccccc1)Nc1ccc(-c2cnns2)cc1. The van der Waals surface area contributed by atoms with Crippen LogP contribution < -0.4 is 10.6 Å². The average molecular weight is 326 g/mol. The Morgan fingerprint density at radius 2 is 1.82 bits per heavy atom. The second-order valence-electron chi connectivity index (χ2n) is 4.65. The number of hydrogen-bond donors (Lipinski definition) is 2. The van der Waals surface area contributed by atoms with E-state index in [4.69, 9.17) is 12.2 Å². The van der Waals surface area contributed by atoms with Crippen LogP contribution in [0.1, 0.15) is 5.56 Å². The van der Waals surface area contributed by atoms with E-state index >= 15 is 0 Å². The smallest absolute Gasteiger partial charge is 0.171 e. The molecule has 0 aliphatic heterocycles. The van der Waals surface area contributed by atoms with Crippen LogP contribution in [0.2, 0.25) is 0 Å². The molecule has 2 N–H and O–H groups in total. The van der Waals surface area contributed by atoms with Gasteiger partial charge < -0.3 is 10.6 Å². The molecule has 0 bridgehead atoms. The van der Waals surface area contributed by atoms with Gasteiger partial charge >= 0.3 is 0 Å². The van der Waals surface area contributed by atoms with Gasteiger partial charge in [-0.25, -0.2) is 0 Å². The summed E-state index contributed by atoms with van der Waals surface area (Å²) >= 11 is 6.69. The van der Waals surface area contributed by atoms with E-state index in [-0.39, 0.29) is 0 Å². The van der Waals surface area contributed by atoms with Gasteiger partial charge in [-0.3, -0.25) is 0 Å². The van der Waals surface area contributed by atoms with Crippen molar-refractivity contribution >= 4 is 34.6 Å². The molecule has 6 heteroatoms. The minimum absolute atomic E-state index is 0.607. The third-order valence-electron chi connectivity index (χ3n) is 3.08. The molecule has 0 saturated carbocycles. The maximum absolute atomic E-state index is 5.31. The Kier molecular flexibility index (Phi) is 4.72. The normalized spacial score (nSPS) is 10.2. The van der Waals surface area contributed by atoms with Crippen molar-refractivity contribution in [2.45, 2.75) is 6.54 Å². The van der Waals surface area contributed by atoms with Crippen LogP contribution >= 0.6 is 23.8 Å². The molecule has 0 unspecified atom stereocenters. The number of hydrogen-bond acceptors (Lipinski definition) is 4. The first-order valence-corrected chi connectivity index (χ1v) is 7.96. The Labute approximate surface area is 138 Å². The van der Waals surface area contributed by atoms with Crippen LogP contribution in [0, 0.1) is 0 Å². The first-order valence-electron chi connectivity index (χ1n) is 6.78. The zero-order valence-corrected chi connectivity index (χ0v) is 13.3. The Morgan fingerprint density at radius 3 is 2.50 bits per heavy atom. The van der Waals surface area contributed by atoms with Gasteiger partial charge in [-0.05, 0) is 47.0 Å². The van der Waals surface area contributed by atoms with Gasteiger partial charge in [0.2, 0.25) is 0 Å². The summed E-state index contributed by atoms with van der Waals surface area (Å²) in [5, 5.41) is 10.8. The van der Waals surface area contributed by atoms with Crippen LogP contribution in [0.4, 0.5) is 5.69 Å². The lowest BCUT2D eigenvalue weighted by atomic mass is 10.2. The molecule has 4 nitrogen and oxygen atoms in total. The van der Waals surface area contributed by atoms with Crippen LogP contribution in [0.5, 0.6) is 0 Å². The summed E-state index contributed by atoms with van der Waals surface area (Å²) in [4.78, 5) is 1.05. The molecule has 0 aliphatic carbocycles. The number of thiocarbonyl (C=S) groups is 1. The van der Waals surface area contributed by atoms with Crippen LogP contribution in [0.15, 0.2) is 60.8 Å². The van der Waals surface area contributed by atoms with Gasteiger partial charge in [-0.15, -0.1) is 5.10 Å². The van der Waals surface area contributed by atoms with E-state index in [1.165, 1.54) is 17.1 Å². The molecule has 3 rings (SSSR count). The van der Waals surface area contributed by atoms with Crippen LogP contribution in [0.3, 0.4) is 0 Å². The fourth-order valence-corrected chi connectivity index (χ4v) is 2.67. The third-order valence-corrected chi connectivity index (χ3v) is 4.04. The molecule has 0 fully saturated rings. The Hall–Kier alpha value is -2.31. The van der Waals surface area contributed by atoms with Gasteiger partial charge in [0.25, 0.3) is 0 Å². The molecule has 1 aromatic heterocycles. The quantitative estimate of drug-likeness (QED) is 0.716. The number of aromatic nitrogens is 2. The predicted molar refractivity (Wildman–Crippen MR) is 94.8 cm³/mol. The minimum Gasteiger partial charge on any atom is -0.358 e. The molecule has 0 atom stereocenters. The molecule has 2 aromatic carbocycles. The molecule has 1 heterocycles. The molecule has 0 saturated heterocycles. The summed E-state index contributed by atoms with van der Waals surface area (Å²) in [5.41, 5.74) is 3.25. The predicted octanol–water partition coefficient (Wildman–Crippen LogP) is 3.69. The van der Waals surface area contributed by atoms with Crippen molar-refractivity contribution in [1.82, 2.24) is 14.9 Å². The Morgan fingerprint density at radius 1 is 1.05 bits per heavy atom. The van der Waals surface area contributed by atoms with Crippen molar-refractivity contribution in [1.29, 1.82) is 0 Å². The van der Waals surface area contributed by atoms with Crippen LogP contribution in [-0.4, -0.2) is 14.7 Å². The highest BCUT2D eigenvalue weighted by Crippen LogP contribution is 2.23. The maximum Gasteiger partial charge on any atom is 0.171 e. The standard InChI is InChI=1S/C16H14N4S2/c21-16(17-10-12-4-2-1-3-5-12)19-14-8-6-13(7-9-14)15-11-18-20-22-15/h1-9,11H,10H2,(H2,17,19,21). The summed E-state index contributed by atoms with van der Waals surface area (Å²) in [7, 11) is 0. The maximum atomic E-state index is 5.31. The number of nitrogens with zero attached hydrogens (tertiary/aromatic N) is 2. The van der Waals surface area contributed by atoms with E-state index in [1.54, 1.807) is 6.20 Å². The molecule has 22 heavy (non-hydrogen) atoms. The van der Waals surface area contributed by atoms with Gasteiger partial charge in [0.1, 0.15) is 0 Å². The Bertz CT molecular complexity index is 725. The Balaban J connectivity index is 1.55. The zero-order chi connectivity index (χ0) is 15.2. The van der Waals surface area contributed by atoms with Crippen molar-refractivity contribution in [3.05, 3.63) is 66.4 Å². The van der Waals surface area contributed by atoms with Gasteiger partial charge in [0, 0.05) is 12.2 Å². The first-order chi connectivity index (χ1) is 10.8. The molecule has 0 amide bonds. The van der Waals surface area contributed by atoms with Gasteiger partial charge in [0.05, 0.1) is 11.1 Å². The topological polar surface area (TPSA) is 49.8 Å². The van der Waals surface area contributed by atoms with Gasteiger partial charge in [0.15, 0.2) is 5.11 Å². The second kappa shape index (κ2) is 7.11. The third kappa shape index (κ3) is 3.87. The molecule has 0 radical (unpaired) electrons. The lowest BCUT2D eigenvalue weighted by molar-refractivity contribution is 0.926. The van der Waals surface area contributed by atoms with E-state index in [1.807, 2.05) is 42.5 Å². The highest BCUT2D eigenvalue weighted by Gasteiger charge is 2.02. The zero-order valence-electron chi connectivity index (χ0n) is 11.7. The van der Waals surface area contributed by atoms with Crippen LogP contribution in [-0.2, 0) is 6.54 Å². The van der Waals surface area contributed by atoms with Crippen molar-refractivity contribution in [2.24, 2.45) is 0 Å². The van der Waals surface area contributed by atoms with Crippen LogP contribution in [0.25, 0.3) is 10.4 Å². The number of rotatable bonds is 4. The number of nitrogens with one attached hydrogen (secondary N) is 2. The monoisotopic (exact) mass is 326 g/mol. The average Bonchev–Trinajstić information content (AvgIpc) is 3.09. The van der Waals surface area contributed by atoms with E-state index < -0.39 is 0 Å². The fourth-order valence-electron chi connectivity index (χ4n) is 1.97. The van der Waals surface area contributed by atoms with Crippen molar-refractivity contribution in [2.75, 3.05) is 5.32 Å². The largest absolute Gasteiger partial charge is 0.358 e. The summed E-state index contributed by atoms with van der Waals surface area (Å²) in [5.74, 6) is 0. The highest BCUT2D eigenvalue weighted by molar-refractivity contribution is 7.80. The lowest BCUT2D eigenvalue weighted by Crippen LogP contribution is -2.27. The number of anilines is 1. The molecular weight excluding hydrogens is 312 g/mol. The summed E-state index contributed by atoms with van der Waals surface area (Å²) in [6.07, 6.45) is 1.76. The highest BCUT2D eigenvalue weighted by atomic mass is 32.1. The van der Waals surface area contributed by atoms with E-state index in [9.17, 15) is 0 Å². The van der Waals surface area contributed by atoms with Crippen molar-refractivity contribution in [3.63, 3.8) is 0 Å². The summed E-state index contributed by atoms with van der Waals surface area (Å²) in [6.45, 7) is 0.706. The molecule has 0 aliphatic rings. The van der Waals surface area contributed by atoms with E-state index in [0.29, 0.717) is 11.7 Å². The lowest BCUT2D eigenvalue weighted by Gasteiger charge is -2.11. The fraction of sp³-hybridized carbons (Fsp3) is 0.0625. The second-order valence-corrected chi connectivity index (χ2v) is 5.85. The molecule has 110 valence electrons. The molecule has 0 spiro atoms. The molecule has 3 aromatic rings.